The van der Waals surface area contributed by atoms with Crippen LogP contribution in [-0.2, 0) is 4.79 Å². The molecule has 0 bridgehead atoms. The highest BCUT2D eigenvalue weighted by Crippen LogP contribution is 2.19. The summed E-state index contributed by atoms with van der Waals surface area (Å²) in [6.45, 7) is 2.33. The van der Waals surface area contributed by atoms with Gasteiger partial charge in [0.1, 0.15) is 0 Å². The monoisotopic (exact) mass is 377 g/mol. The summed E-state index contributed by atoms with van der Waals surface area (Å²) in [7, 11) is 0. The average molecular weight is 378 g/mol. The first-order valence-electron chi connectivity index (χ1n) is 7.95. The van der Waals surface area contributed by atoms with Crippen LogP contribution in [0.3, 0.4) is 0 Å². The Morgan fingerprint density at radius 2 is 2.12 bits per heavy atom. The molecule has 1 aromatic carbocycles. The fraction of sp³-hybridized carbons (Fsp3) is 0.278. The van der Waals surface area contributed by atoms with Gasteiger partial charge in [0, 0.05) is 28.6 Å². The molecule has 25 heavy (non-hydrogen) atoms. The van der Waals surface area contributed by atoms with Crippen LogP contribution in [-0.4, -0.2) is 23.3 Å². The highest BCUT2D eigenvalue weighted by molar-refractivity contribution is 7.80. The van der Waals surface area contributed by atoms with Crippen molar-refractivity contribution in [2.75, 3.05) is 11.9 Å². The smallest absolute Gasteiger partial charge is 0.252 e. The molecule has 1 heterocycles. The number of carbonyl (C=O) groups is 2. The SMILES string of the molecule is CC(CCCNC(=O)c1cc(Cl)ccc1S)C(=O)Nc1cccnc1. The lowest BCUT2D eigenvalue weighted by Crippen LogP contribution is -2.26. The zero-order valence-corrected chi connectivity index (χ0v) is 15.5. The van der Waals surface area contributed by atoms with Gasteiger partial charge in [0.15, 0.2) is 0 Å². The quantitative estimate of drug-likeness (QED) is 0.507. The average Bonchev–Trinajstić information content (AvgIpc) is 2.61. The lowest BCUT2D eigenvalue weighted by Gasteiger charge is -2.12. The summed E-state index contributed by atoms with van der Waals surface area (Å²) in [6, 6.07) is 8.51. The molecule has 2 amide bonds. The lowest BCUT2D eigenvalue weighted by molar-refractivity contribution is -0.119. The largest absolute Gasteiger partial charge is 0.352 e. The zero-order valence-electron chi connectivity index (χ0n) is 13.8. The predicted octanol–water partition coefficient (Wildman–Crippen LogP) is 3.81. The molecule has 0 fully saturated rings. The molecule has 1 unspecified atom stereocenters. The van der Waals surface area contributed by atoms with E-state index in [2.05, 4.69) is 28.2 Å². The Morgan fingerprint density at radius 3 is 2.84 bits per heavy atom. The second kappa shape index (κ2) is 9.44. The number of rotatable bonds is 7. The van der Waals surface area contributed by atoms with E-state index in [0.717, 1.165) is 0 Å². The number of carbonyl (C=O) groups excluding carboxylic acids is 2. The van der Waals surface area contributed by atoms with Crippen LogP contribution in [0.4, 0.5) is 5.69 Å². The summed E-state index contributed by atoms with van der Waals surface area (Å²) in [4.78, 5) is 28.8. The summed E-state index contributed by atoms with van der Waals surface area (Å²) in [6.07, 6.45) is 4.61. The van der Waals surface area contributed by atoms with Crippen molar-refractivity contribution in [1.82, 2.24) is 10.3 Å². The molecule has 0 radical (unpaired) electrons. The molecule has 2 aromatic rings. The molecule has 0 spiro atoms. The first kappa shape index (κ1) is 19.3. The Bertz CT molecular complexity index is 740. The van der Waals surface area contributed by atoms with Gasteiger partial charge in [0.25, 0.3) is 5.91 Å². The van der Waals surface area contributed by atoms with Gasteiger partial charge >= 0.3 is 0 Å². The fourth-order valence-electron chi connectivity index (χ4n) is 2.23. The third-order valence-electron chi connectivity index (χ3n) is 3.68. The Morgan fingerprint density at radius 1 is 1.32 bits per heavy atom. The van der Waals surface area contributed by atoms with Crippen LogP contribution < -0.4 is 10.6 Å². The van der Waals surface area contributed by atoms with E-state index in [1.54, 1.807) is 42.7 Å². The van der Waals surface area contributed by atoms with E-state index in [1.807, 2.05) is 6.92 Å². The zero-order chi connectivity index (χ0) is 18.2. The van der Waals surface area contributed by atoms with Gasteiger partial charge in [-0.3, -0.25) is 14.6 Å². The topological polar surface area (TPSA) is 71.1 Å². The van der Waals surface area contributed by atoms with Gasteiger partial charge in [0.05, 0.1) is 17.4 Å². The van der Waals surface area contributed by atoms with Crippen molar-refractivity contribution in [2.24, 2.45) is 5.92 Å². The second-order valence-corrected chi connectivity index (χ2v) is 6.61. The predicted molar refractivity (Wildman–Crippen MR) is 102 cm³/mol. The van der Waals surface area contributed by atoms with Crippen LogP contribution in [0.15, 0.2) is 47.6 Å². The number of hydrogen-bond donors (Lipinski definition) is 3. The van der Waals surface area contributed by atoms with Crippen LogP contribution in [0.5, 0.6) is 0 Å². The number of halogens is 1. The molecule has 5 nitrogen and oxygen atoms in total. The number of nitrogens with zero attached hydrogens (tertiary/aromatic N) is 1. The van der Waals surface area contributed by atoms with Crippen LogP contribution in [0.25, 0.3) is 0 Å². The molecule has 7 heteroatoms. The number of thiol groups is 1. The standard InChI is InChI=1S/C18H20ClN3O2S/c1-12(17(23)22-14-5-3-8-20-11-14)4-2-9-21-18(24)15-10-13(19)6-7-16(15)25/h3,5-8,10-12,25H,2,4,9H2,1H3,(H,21,24)(H,22,23). The number of nitrogens with one attached hydrogen (secondary N) is 2. The number of hydrogen-bond acceptors (Lipinski definition) is 4. The van der Waals surface area contributed by atoms with Crippen molar-refractivity contribution in [3.05, 3.63) is 53.3 Å². The van der Waals surface area contributed by atoms with Gasteiger partial charge in [-0.15, -0.1) is 12.6 Å². The van der Waals surface area contributed by atoms with Gasteiger partial charge in [0.2, 0.25) is 5.91 Å². The Hall–Kier alpha value is -2.05. The Kier molecular flexibility index (Phi) is 7.28. The molecule has 1 atom stereocenters. The normalized spacial score (nSPS) is 11.6. The number of pyridine rings is 1. The summed E-state index contributed by atoms with van der Waals surface area (Å²) in [5.41, 5.74) is 1.12. The minimum absolute atomic E-state index is 0.0631. The maximum Gasteiger partial charge on any atom is 0.252 e. The molecule has 1 aromatic heterocycles. The third-order valence-corrected chi connectivity index (χ3v) is 4.30. The molecule has 0 aliphatic rings. The van der Waals surface area contributed by atoms with E-state index in [4.69, 9.17) is 11.6 Å². The van der Waals surface area contributed by atoms with E-state index in [1.165, 1.54) is 0 Å². The molecule has 0 saturated heterocycles. The third kappa shape index (κ3) is 6.07. The Balaban J connectivity index is 1.74. The molecule has 132 valence electrons. The first-order chi connectivity index (χ1) is 12.0. The maximum atomic E-state index is 12.1. The van der Waals surface area contributed by atoms with Crippen LogP contribution in [0.1, 0.15) is 30.1 Å². The summed E-state index contributed by atoms with van der Waals surface area (Å²) >= 11 is 10.2. The number of benzene rings is 1. The number of amides is 2. The molecule has 0 saturated carbocycles. The van der Waals surface area contributed by atoms with Crippen LogP contribution in [0.2, 0.25) is 5.02 Å². The summed E-state index contributed by atoms with van der Waals surface area (Å²) < 4.78 is 0. The van der Waals surface area contributed by atoms with E-state index < -0.39 is 0 Å². The molecule has 0 aliphatic heterocycles. The molecule has 0 aliphatic carbocycles. The van der Waals surface area contributed by atoms with E-state index in [0.29, 0.717) is 40.6 Å². The number of anilines is 1. The van der Waals surface area contributed by atoms with Crippen molar-refractivity contribution in [2.45, 2.75) is 24.7 Å². The van der Waals surface area contributed by atoms with Gasteiger partial charge in [-0.25, -0.2) is 0 Å². The van der Waals surface area contributed by atoms with E-state index >= 15 is 0 Å². The minimum atomic E-state index is -0.222. The summed E-state index contributed by atoms with van der Waals surface area (Å²) in [5.74, 6) is -0.449. The van der Waals surface area contributed by atoms with Crippen molar-refractivity contribution in [3.8, 4) is 0 Å². The Labute approximate surface area is 157 Å². The molecule has 2 N–H and O–H groups in total. The van der Waals surface area contributed by atoms with Crippen molar-refractivity contribution < 1.29 is 9.59 Å². The van der Waals surface area contributed by atoms with Crippen molar-refractivity contribution in [3.63, 3.8) is 0 Å². The van der Waals surface area contributed by atoms with Crippen molar-refractivity contribution in [1.29, 1.82) is 0 Å². The van der Waals surface area contributed by atoms with Gasteiger partial charge in [-0.1, -0.05) is 18.5 Å². The highest BCUT2D eigenvalue weighted by atomic mass is 35.5. The van der Waals surface area contributed by atoms with Gasteiger partial charge in [-0.2, -0.15) is 0 Å². The number of aromatic nitrogens is 1. The van der Waals surface area contributed by atoms with Gasteiger partial charge < -0.3 is 10.6 Å². The highest BCUT2D eigenvalue weighted by Gasteiger charge is 2.14. The first-order valence-corrected chi connectivity index (χ1v) is 8.77. The maximum absolute atomic E-state index is 12.1. The molecular weight excluding hydrogens is 358 g/mol. The lowest BCUT2D eigenvalue weighted by atomic mass is 10.0. The fourth-order valence-corrected chi connectivity index (χ4v) is 2.64. The molecule has 2 rings (SSSR count). The van der Waals surface area contributed by atoms with Crippen LogP contribution >= 0.6 is 24.2 Å². The van der Waals surface area contributed by atoms with Gasteiger partial charge in [-0.05, 0) is 43.2 Å². The minimum Gasteiger partial charge on any atom is -0.352 e. The second-order valence-electron chi connectivity index (χ2n) is 5.69. The summed E-state index contributed by atoms with van der Waals surface area (Å²) in [5, 5.41) is 6.13. The van der Waals surface area contributed by atoms with E-state index in [9.17, 15) is 9.59 Å². The van der Waals surface area contributed by atoms with E-state index in [-0.39, 0.29) is 17.7 Å². The van der Waals surface area contributed by atoms with Crippen molar-refractivity contribution >= 4 is 41.7 Å². The molecular formula is C18H20ClN3O2S. The van der Waals surface area contributed by atoms with Crippen LogP contribution in [0, 0.1) is 5.92 Å².